The van der Waals surface area contributed by atoms with Gasteiger partial charge >= 0.3 is 6.09 Å². The molecule has 120 valence electrons. The zero-order valence-corrected chi connectivity index (χ0v) is 13.8. The fraction of sp³-hybridized carbons (Fsp3) is 0.211. The second kappa shape index (κ2) is 9.74. The summed E-state index contributed by atoms with van der Waals surface area (Å²) in [6.45, 7) is 0.843. The van der Waals surface area contributed by atoms with E-state index in [1.54, 1.807) is 0 Å². The molecule has 3 nitrogen and oxygen atoms in total. The molecule has 0 saturated heterocycles. The summed E-state index contributed by atoms with van der Waals surface area (Å²) >= 11 is 4.27. The van der Waals surface area contributed by atoms with Crippen molar-refractivity contribution in [3.8, 4) is 0 Å². The summed E-state index contributed by atoms with van der Waals surface area (Å²) in [6.07, 6.45) is 4.45. The average Bonchev–Trinajstić information content (AvgIpc) is 2.61. The van der Waals surface area contributed by atoms with Crippen molar-refractivity contribution in [1.82, 2.24) is 5.32 Å². The molecule has 0 aliphatic rings. The van der Waals surface area contributed by atoms with Gasteiger partial charge < -0.3 is 10.1 Å². The van der Waals surface area contributed by atoms with Crippen molar-refractivity contribution in [3.05, 3.63) is 77.4 Å². The Morgan fingerprint density at radius 1 is 1.09 bits per heavy atom. The number of alkyl carbamates (subject to hydrolysis) is 1. The Balaban J connectivity index is 1.64. The Hall–Kier alpha value is -2.20. The van der Waals surface area contributed by atoms with Gasteiger partial charge in [0, 0.05) is 12.3 Å². The van der Waals surface area contributed by atoms with Crippen molar-refractivity contribution >= 4 is 24.8 Å². The Morgan fingerprint density at radius 2 is 1.87 bits per heavy atom. The standard InChI is InChI=1S/C19H21NO2S/c21-19(22-14-17-8-2-1-3-9-17)20-12-5-4-7-16-10-6-11-18(13-16)15-23/h1-4,6-11,13,23H,5,12,14-15H2,(H,20,21). The Bertz CT molecular complexity index is 641. The second-order valence-corrected chi connectivity index (χ2v) is 5.40. The van der Waals surface area contributed by atoms with Crippen LogP contribution in [0.2, 0.25) is 0 Å². The van der Waals surface area contributed by atoms with Gasteiger partial charge in [-0.3, -0.25) is 0 Å². The van der Waals surface area contributed by atoms with E-state index in [0.29, 0.717) is 13.2 Å². The van der Waals surface area contributed by atoms with Crippen LogP contribution in [0.15, 0.2) is 60.7 Å². The fourth-order valence-corrected chi connectivity index (χ4v) is 2.24. The molecule has 1 N–H and O–H groups in total. The summed E-state index contributed by atoms with van der Waals surface area (Å²) in [5, 5.41) is 2.74. The van der Waals surface area contributed by atoms with Crippen LogP contribution in [-0.4, -0.2) is 12.6 Å². The molecule has 0 aliphatic heterocycles. The maximum absolute atomic E-state index is 11.6. The van der Waals surface area contributed by atoms with Crippen molar-refractivity contribution in [2.24, 2.45) is 0 Å². The molecule has 0 unspecified atom stereocenters. The van der Waals surface area contributed by atoms with Crippen LogP contribution in [0.4, 0.5) is 4.79 Å². The molecule has 2 aromatic carbocycles. The van der Waals surface area contributed by atoms with Gasteiger partial charge in [-0.25, -0.2) is 4.79 Å². The van der Waals surface area contributed by atoms with Crippen molar-refractivity contribution in [3.63, 3.8) is 0 Å². The molecule has 2 rings (SSSR count). The predicted octanol–water partition coefficient (Wildman–Crippen LogP) is 4.45. The van der Waals surface area contributed by atoms with Gasteiger partial charge in [-0.2, -0.15) is 12.6 Å². The summed E-state index contributed by atoms with van der Waals surface area (Å²) in [7, 11) is 0. The first-order valence-electron chi connectivity index (χ1n) is 7.59. The normalized spacial score (nSPS) is 10.7. The third-order valence-corrected chi connectivity index (χ3v) is 3.60. The molecule has 4 heteroatoms. The third kappa shape index (κ3) is 6.61. The highest BCUT2D eigenvalue weighted by molar-refractivity contribution is 7.79. The topological polar surface area (TPSA) is 38.3 Å². The Labute approximate surface area is 142 Å². The summed E-state index contributed by atoms with van der Waals surface area (Å²) in [6, 6.07) is 17.8. The minimum absolute atomic E-state index is 0.291. The van der Waals surface area contributed by atoms with Gasteiger partial charge in [0.2, 0.25) is 0 Å². The minimum atomic E-state index is -0.390. The number of benzene rings is 2. The zero-order chi connectivity index (χ0) is 16.3. The van der Waals surface area contributed by atoms with Crippen LogP contribution in [0.3, 0.4) is 0 Å². The van der Waals surface area contributed by atoms with Crippen LogP contribution in [0.5, 0.6) is 0 Å². The first kappa shape index (κ1) is 17.2. The molecule has 0 aromatic heterocycles. The maximum atomic E-state index is 11.6. The van der Waals surface area contributed by atoms with Gasteiger partial charge in [0.15, 0.2) is 0 Å². The fourth-order valence-electron chi connectivity index (χ4n) is 2.05. The van der Waals surface area contributed by atoms with E-state index in [2.05, 4.69) is 30.1 Å². The van der Waals surface area contributed by atoms with Crippen molar-refractivity contribution < 1.29 is 9.53 Å². The van der Waals surface area contributed by atoms with Crippen LogP contribution in [0.25, 0.3) is 6.08 Å². The van der Waals surface area contributed by atoms with Gasteiger partial charge in [0.1, 0.15) is 6.61 Å². The minimum Gasteiger partial charge on any atom is -0.445 e. The molecular weight excluding hydrogens is 306 g/mol. The van der Waals surface area contributed by atoms with E-state index in [1.165, 1.54) is 5.56 Å². The van der Waals surface area contributed by atoms with Gasteiger partial charge in [-0.05, 0) is 23.1 Å². The molecule has 0 spiro atoms. The summed E-state index contributed by atoms with van der Waals surface area (Å²) in [5.41, 5.74) is 3.31. The number of ether oxygens (including phenoxy) is 1. The van der Waals surface area contributed by atoms with Gasteiger partial charge in [0.25, 0.3) is 0 Å². The van der Waals surface area contributed by atoms with Crippen molar-refractivity contribution in [2.45, 2.75) is 18.8 Å². The van der Waals surface area contributed by atoms with Crippen molar-refractivity contribution in [1.29, 1.82) is 0 Å². The molecule has 23 heavy (non-hydrogen) atoms. The van der Waals surface area contributed by atoms with Crippen LogP contribution < -0.4 is 5.32 Å². The lowest BCUT2D eigenvalue weighted by atomic mass is 10.1. The molecule has 0 radical (unpaired) electrons. The molecule has 1 amide bonds. The summed E-state index contributed by atoms with van der Waals surface area (Å²) in [4.78, 5) is 11.6. The van der Waals surface area contributed by atoms with E-state index in [0.717, 1.165) is 23.3 Å². The third-order valence-electron chi connectivity index (χ3n) is 3.24. The number of nitrogens with one attached hydrogen (secondary N) is 1. The molecule has 0 heterocycles. The van der Waals surface area contributed by atoms with Crippen LogP contribution in [-0.2, 0) is 17.1 Å². The molecule has 0 fully saturated rings. The lowest BCUT2D eigenvalue weighted by Gasteiger charge is -2.05. The molecule has 0 saturated carbocycles. The molecule has 0 aliphatic carbocycles. The number of hydrogen-bond donors (Lipinski definition) is 2. The van der Waals surface area contributed by atoms with Crippen LogP contribution in [0, 0.1) is 0 Å². The Kier molecular flexibility index (Phi) is 7.27. The van der Waals surface area contributed by atoms with Crippen LogP contribution >= 0.6 is 12.6 Å². The molecule has 2 aromatic rings. The molecular formula is C19H21NO2S. The van der Waals surface area contributed by atoms with E-state index in [1.807, 2.05) is 54.6 Å². The van der Waals surface area contributed by atoms with Gasteiger partial charge in [-0.1, -0.05) is 66.7 Å². The summed E-state index contributed by atoms with van der Waals surface area (Å²) in [5.74, 6) is 0.733. The van der Waals surface area contributed by atoms with Gasteiger partial charge in [-0.15, -0.1) is 0 Å². The van der Waals surface area contributed by atoms with E-state index >= 15 is 0 Å². The average molecular weight is 327 g/mol. The second-order valence-electron chi connectivity index (χ2n) is 5.08. The highest BCUT2D eigenvalue weighted by atomic mass is 32.1. The zero-order valence-electron chi connectivity index (χ0n) is 12.9. The lowest BCUT2D eigenvalue weighted by molar-refractivity contribution is 0.140. The number of carbonyl (C=O) groups is 1. The van der Waals surface area contributed by atoms with Crippen LogP contribution in [0.1, 0.15) is 23.1 Å². The first-order valence-corrected chi connectivity index (χ1v) is 8.22. The first-order chi connectivity index (χ1) is 11.3. The number of amides is 1. The smallest absolute Gasteiger partial charge is 0.407 e. The summed E-state index contributed by atoms with van der Waals surface area (Å²) < 4.78 is 5.14. The molecule has 0 atom stereocenters. The largest absolute Gasteiger partial charge is 0.445 e. The highest BCUT2D eigenvalue weighted by Gasteiger charge is 2.00. The van der Waals surface area contributed by atoms with E-state index in [-0.39, 0.29) is 6.09 Å². The van der Waals surface area contributed by atoms with E-state index in [4.69, 9.17) is 4.74 Å². The molecule has 0 bridgehead atoms. The number of carbonyl (C=O) groups excluding carboxylic acids is 1. The van der Waals surface area contributed by atoms with Crippen molar-refractivity contribution in [2.75, 3.05) is 6.54 Å². The Morgan fingerprint density at radius 3 is 2.65 bits per heavy atom. The monoisotopic (exact) mass is 327 g/mol. The van der Waals surface area contributed by atoms with Gasteiger partial charge in [0.05, 0.1) is 0 Å². The van der Waals surface area contributed by atoms with E-state index in [9.17, 15) is 4.79 Å². The quantitative estimate of drug-likeness (QED) is 0.582. The lowest BCUT2D eigenvalue weighted by Crippen LogP contribution is -2.24. The highest BCUT2D eigenvalue weighted by Crippen LogP contribution is 2.09. The SMILES string of the molecule is O=C(NCCC=Cc1cccc(CS)c1)OCc1ccccc1. The van der Waals surface area contributed by atoms with E-state index < -0.39 is 0 Å². The maximum Gasteiger partial charge on any atom is 0.407 e. The number of thiol groups is 1. The number of rotatable bonds is 7. The number of hydrogen-bond acceptors (Lipinski definition) is 3. The predicted molar refractivity (Wildman–Crippen MR) is 97.4 cm³/mol.